The number of alkyl halides is 2. The summed E-state index contributed by atoms with van der Waals surface area (Å²) in [5.74, 6) is -7.51. The van der Waals surface area contributed by atoms with Gasteiger partial charge in [-0.15, -0.1) is 0 Å². The number of hydrogen-bond acceptors (Lipinski definition) is 2. The molecule has 0 aliphatic rings. The smallest absolute Gasteiger partial charge is 0.381 e. The highest BCUT2D eigenvalue weighted by Crippen LogP contribution is 2.30. The molecular formula is C12H9BrF4O2. The molecule has 104 valence electrons. The van der Waals surface area contributed by atoms with Crippen LogP contribution in [0.3, 0.4) is 0 Å². The molecule has 0 unspecified atom stereocenters. The number of halogens is 5. The van der Waals surface area contributed by atoms with Crippen LogP contribution in [0.15, 0.2) is 24.3 Å². The van der Waals surface area contributed by atoms with Crippen LogP contribution < -0.4 is 0 Å². The van der Waals surface area contributed by atoms with Gasteiger partial charge < -0.3 is 4.74 Å². The summed E-state index contributed by atoms with van der Waals surface area (Å²) in [5.41, 5.74) is -0.287. The van der Waals surface area contributed by atoms with Gasteiger partial charge in [-0.2, -0.15) is 8.78 Å². The average Bonchev–Trinajstić information content (AvgIpc) is 2.28. The molecule has 0 N–H and O–H groups in total. The van der Waals surface area contributed by atoms with Crippen molar-refractivity contribution < 1.29 is 27.1 Å². The molecule has 1 aromatic rings. The van der Waals surface area contributed by atoms with Crippen molar-refractivity contribution in [3.05, 3.63) is 41.5 Å². The molecule has 0 aliphatic heterocycles. The van der Waals surface area contributed by atoms with E-state index in [1.54, 1.807) is 0 Å². The Morgan fingerprint density at radius 3 is 2.58 bits per heavy atom. The molecule has 0 fully saturated rings. The van der Waals surface area contributed by atoms with Crippen LogP contribution in [0, 0.1) is 11.6 Å². The molecule has 0 heterocycles. The Balaban J connectivity index is 3.07. The maximum Gasteiger partial charge on any atom is 0.381 e. The second-order valence-electron chi connectivity index (χ2n) is 3.46. The summed E-state index contributed by atoms with van der Waals surface area (Å²) < 4.78 is 56.6. The largest absolute Gasteiger partial charge is 0.461 e. The van der Waals surface area contributed by atoms with E-state index in [2.05, 4.69) is 20.7 Å². The lowest BCUT2D eigenvalue weighted by Gasteiger charge is -2.11. The highest BCUT2D eigenvalue weighted by Gasteiger charge is 2.38. The number of carbonyl (C=O) groups excluding carboxylic acids is 1. The van der Waals surface area contributed by atoms with E-state index >= 15 is 0 Å². The van der Waals surface area contributed by atoms with Gasteiger partial charge in [-0.05, 0) is 19.1 Å². The third kappa shape index (κ3) is 4.05. The molecule has 19 heavy (non-hydrogen) atoms. The highest BCUT2D eigenvalue weighted by atomic mass is 79.9. The van der Waals surface area contributed by atoms with Gasteiger partial charge in [0.2, 0.25) is 0 Å². The van der Waals surface area contributed by atoms with Crippen molar-refractivity contribution >= 4 is 26.4 Å². The molecule has 0 saturated carbocycles. The summed E-state index contributed by atoms with van der Waals surface area (Å²) in [6.07, 6.45) is 0.210. The molecular weight excluding hydrogens is 332 g/mol. The van der Waals surface area contributed by atoms with Gasteiger partial charge in [0.1, 0.15) is 11.6 Å². The summed E-state index contributed by atoms with van der Waals surface area (Å²) in [6.45, 7) is 1.18. The van der Waals surface area contributed by atoms with Crippen LogP contribution in [-0.2, 0) is 9.53 Å². The summed E-state index contributed by atoms with van der Waals surface area (Å²) in [6, 6.07) is 2.44. The Bertz CT molecular complexity index is 514. The molecule has 0 aromatic heterocycles. The standard InChI is InChI=1S/C12H9BrF4O2/c1-2-19-11(18)12(16,17)6-9(13)8-4-3-7(14)5-10(8)15/h3-6H,2H2,1H3/b9-6+. The second-order valence-corrected chi connectivity index (χ2v) is 4.31. The molecule has 0 atom stereocenters. The Kier molecular flexibility index (Phi) is 5.11. The fraction of sp³-hybridized carbons (Fsp3) is 0.250. The van der Waals surface area contributed by atoms with Crippen molar-refractivity contribution in [3.8, 4) is 0 Å². The van der Waals surface area contributed by atoms with E-state index in [-0.39, 0.29) is 22.7 Å². The van der Waals surface area contributed by atoms with Gasteiger partial charge in [-0.25, -0.2) is 13.6 Å². The van der Waals surface area contributed by atoms with Crippen molar-refractivity contribution in [2.75, 3.05) is 6.61 Å². The minimum absolute atomic E-state index is 0.204. The van der Waals surface area contributed by atoms with Crippen molar-refractivity contribution in [3.63, 3.8) is 0 Å². The van der Waals surface area contributed by atoms with Gasteiger partial charge >= 0.3 is 11.9 Å². The molecule has 0 aliphatic carbocycles. The van der Waals surface area contributed by atoms with E-state index < -0.39 is 23.5 Å². The Hall–Kier alpha value is -1.37. The van der Waals surface area contributed by atoms with Crippen LogP contribution >= 0.6 is 15.9 Å². The zero-order valence-corrected chi connectivity index (χ0v) is 11.3. The predicted molar refractivity (Wildman–Crippen MR) is 64.8 cm³/mol. The lowest BCUT2D eigenvalue weighted by atomic mass is 10.1. The van der Waals surface area contributed by atoms with Gasteiger partial charge in [-0.1, -0.05) is 15.9 Å². The van der Waals surface area contributed by atoms with Crippen LogP contribution in [0.4, 0.5) is 17.6 Å². The van der Waals surface area contributed by atoms with Gasteiger partial charge in [-0.3, -0.25) is 0 Å². The SMILES string of the molecule is CCOC(=O)C(F)(F)/C=C(/Br)c1ccc(F)cc1F. The first-order chi connectivity index (χ1) is 8.77. The monoisotopic (exact) mass is 340 g/mol. The summed E-state index contributed by atoms with van der Waals surface area (Å²) >= 11 is 2.73. The maximum atomic E-state index is 13.4. The Labute approximate surface area is 115 Å². The van der Waals surface area contributed by atoms with Crippen molar-refractivity contribution in [2.45, 2.75) is 12.8 Å². The number of benzene rings is 1. The zero-order chi connectivity index (χ0) is 14.6. The lowest BCUT2D eigenvalue weighted by molar-refractivity contribution is -0.164. The van der Waals surface area contributed by atoms with E-state index in [0.29, 0.717) is 6.07 Å². The van der Waals surface area contributed by atoms with E-state index in [1.807, 2.05) is 0 Å². The van der Waals surface area contributed by atoms with Crippen LogP contribution in [0.25, 0.3) is 4.48 Å². The van der Waals surface area contributed by atoms with Gasteiger partial charge in [0, 0.05) is 22.2 Å². The van der Waals surface area contributed by atoms with Crippen molar-refractivity contribution in [2.24, 2.45) is 0 Å². The first kappa shape index (κ1) is 15.7. The fourth-order valence-electron chi connectivity index (χ4n) is 1.21. The number of ether oxygens (including phenoxy) is 1. The Morgan fingerprint density at radius 2 is 2.05 bits per heavy atom. The highest BCUT2D eigenvalue weighted by molar-refractivity contribution is 9.15. The second kappa shape index (κ2) is 6.18. The number of hydrogen-bond donors (Lipinski definition) is 0. The lowest BCUT2D eigenvalue weighted by Crippen LogP contribution is -2.28. The van der Waals surface area contributed by atoms with Crippen LogP contribution in [0.1, 0.15) is 12.5 Å². The number of esters is 1. The molecule has 2 nitrogen and oxygen atoms in total. The fourth-order valence-corrected chi connectivity index (χ4v) is 1.82. The minimum atomic E-state index is -3.91. The van der Waals surface area contributed by atoms with Gasteiger partial charge in [0.25, 0.3) is 0 Å². The minimum Gasteiger partial charge on any atom is -0.461 e. The zero-order valence-electron chi connectivity index (χ0n) is 9.72. The van der Waals surface area contributed by atoms with E-state index in [9.17, 15) is 22.4 Å². The number of rotatable bonds is 4. The molecule has 0 spiro atoms. The van der Waals surface area contributed by atoms with E-state index in [1.165, 1.54) is 6.92 Å². The molecule has 7 heteroatoms. The predicted octanol–water partition coefficient (Wildman–Crippen LogP) is 3.90. The Morgan fingerprint density at radius 1 is 1.42 bits per heavy atom. The van der Waals surface area contributed by atoms with Gasteiger partial charge in [0.05, 0.1) is 6.61 Å². The normalized spacial score (nSPS) is 12.4. The maximum absolute atomic E-state index is 13.4. The van der Waals surface area contributed by atoms with Crippen LogP contribution in [0.2, 0.25) is 0 Å². The molecule has 0 amide bonds. The summed E-state index contributed by atoms with van der Waals surface area (Å²) in [5, 5.41) is 0. The van der Waals surface area contributed by atoms with Crippen LogP contribution in [-0.4, -0.2) is 18.5 Å². The first-order valence-corrected chi connectivity index (χ1v) is 5.96. The first-order valence-electron chi connectivity index (χ1n) is 5.16. The summed E-state index contributed by atoms with van der Waals surface area (Å²) in [4.78, 5) is 11.0. The van der Waals surface area contributed by atoms with E-state index in [4.69, 9.17) is 0 Å². The molecule has 0 saturated heterocycles. The molecule has 0 radical (unpaired) electrons. The third-order valence-corrected chi connectivity index (χ3v) is 2.70. The molecule has 1 aromatic carbocycles. The topological polar surface area (TPSA) is 26.3 Å². The molecule has 0 bridgehead atoms. The van der Waals surface area contributed by atoms with E-state index in [0.717, 1.165) is 12.1 Å². The number of carbonyl (C=O) groups is 1. The summed E-state index contributed by atoms with van der Waals surface area (Å²) in [7, 11) is 0. The third-order valence-electron chi connectivity index (χ3n) is 2.04. The van der Waals surface area contributed by atoms with Gasteiger partial charge in [0.15, 0.2) is 0 Å². The van der Waals surface area contributed by atoms with Crippen molar-refractivity contribution in [1.29, 1.82) is 0 Å². The molecule has 1 rings (SSSR count). The van der Waals surface area contributed by atoms with Crippen LogP contribution in [0.5, 0.6) is 0 Å². The van der Waals surface area contributed by atoms with Crippen molar-refractivity contribution in [1.82, 2.24) is 0 Å². The quantitative estimate of drug-likeness (QED) is 0.613. The average molecular weight is 341 g/mol.